The molecule has 0 bridgehead atoms. The summed E-state index contributed by atoms with van der Waals surface area (Å²) >= 11 is 0. The predicted octanol–water partition coefficient (Wildman–Crippen LogP) is 4.62. The van der Waals surface area contributed by atoms with Gasteiger partial charge in [0.25, 0.3) is 0 Å². The van der Waals surface area contributed by atoms with E-state index < -0.39 is 22.5 Å². The van der Waals surface area contributed by atoms with Crippen LogP contribution in [0.25, 0.3) is 6.08 Å². The maximum atomic E-state index is 12.3. The van der Waals surface area contributed by atoms with Crippen LogP contribution in [0.1, 0.15) is 16.7 Å². The number of sulfonamides is 1. The molecule has 0 aliphatic rings. The third kappa shape index (κ3) is 7.09. The number of rotatable bonds is 8. The smallest absolute Gasteiger partial charge is 0.239 e. The number of aryl methyl sites for hydroxylation is 2. The summed E-state index contributed by atoms with van der Waals surface area (Å²) < 4.78 is 32.4. The Labute approximate surface area is 182 Å². The molecule has 0 fully saturated rings. The quantitative estimate of drug-likeness (QED) is 0.539. The van der Waals surface area contributed by atoms with Crippen molar-refractivity contribution >= 4 is 27.7 Å². The molecule has 0 saturated carbocycles. The van der Waals surface area contributed by atoms with Crippen LogP contribution in [0.3, 0.4) is 0 Å². The third-order valence-electron chi connectivity index (χ3n) is 4.36. The second-order valence-electron chi connectivity index (χ2n) is 7.04. The number of amides is 1. The Hall–Kier alpha value is -3.42. The molecule has 160 valence electrons. The zero-order valence-electron chi connectivity index (χ0n) is 17.3. The van der Waals surface area contributed by atoms with Crippen LogP contribution in [0.2, 0.25) is 0 Å². The highest BCUT2D eigenvalue weighted by Crippen LogP contribution is 2.29. The van der Waals surface area contributed by atoms with Crippen LogP contribution in [0.15, 0.2) is 78.2 Å². The van der Waals surface area contributed by atoms with Crippen molar-refractivity contribution in [1.82, 2.24) is 4.72 Å². The Morgan fingerprint density at radius 2 is 1.52 bits per heavy atom. The zero-order valence-corrected chi connectivity index (χ0v) is 18.1. The third-order valence-corrected chi connectivity index (χ3v) is 5.40. The van der Waals surface area contributed by atoms with Gasteiger partial charge in [-0.1, -0.05) is 59.7 Å². The lowest BCUT2D eigenvalue weighted by atomic mass is 10.2. The van der Waals surface area contributed by atoms with Crippen LogP contribution in [0.5, 0.6) is 11.5 Å². The van der Waals surface area contributed by atoms with Crippen LogP contribution in [-0.2, 0) is 14.8 Å². The highest BCUT2D eigenvalue weighted by atomic mass is 32.2. The molecular formula is C24H24N2O4S. The van der Waals surface area contributed by atoms with Crippen molar-refractivity contribution in [3.63, 3.8) is 0 Å². The van der Waals surface area contributed by atoms with Crippen LogP contribution >= 0.6 is 0 Å². The van der Waals surface area contributed by atoms with E-state index in [1.165, 1.54) is 6.08 Å². The van der Waals surface area contributed by atoms with E-state index in [2.05, 4.69) is 10.0 Å². The maximum Gasteiger partial charge on any atom is 0.239 e. The molecular weight excluding hydrogens is 412 g/mol. The van der Waals surface area contributed by atoms with E-state index in [0.717, 1.165) is 22.1 Å². The van der Waals surface area contributed by atoms with Gasteiger partial charge < -0.3 is 10.1 Å². The molecule has 3 rings (SSSR count). The molecule has 0 aliphatic heterocycles. The Balaban J connectivity index is 1.59. The fourth-order valence-corrected chi connectivity index (χ4v) is 3.41. The number of nitrogens with one attached hydrogen (secondary N) is 2. The number of anilines is 1. The number of carbonyl (C=O) groups excluding carboxylic acids is 1. The van der Waals surface area contributed by atoms with Crippen molar-refractivity contribution in [2.24, 2.45) is 0 Å². The lowest BCUT2D eigenvalue weighted by Gasteiger charge is -2.12. The number of hydrogen-bond donors (Lipinski definition) is 2. The summed E-state index contributed by atoms with van der Waals surface area (Å²) in [6.45, 7) is 3.53. The molecule has 3 aromatic rings. The molecule has 3 aromatic carbocycles. The van der Waals surface area contributed by atoms with Crippen molar-refractivity contribution in [3.05, 3.63) is 94.9 Å². The topological polar surface area (TPSA) is 84.5 Å². The number of benzene rings is 3. The minimum atomic E-state index is -3.76. The summed E-state index contributed by atoms with van der Waals surface area (Å²) in [6, 6.07) is 21.9. The molecule has 0 aromatic heterocycles. The van der Waals surface area contributed by atoms with Gasteiger partial charge in [-0.2, -0.15) is 0 Å². The normalized spacial score (nSPS) is 11.4. The fourth-order valence-electron chi connectivity index (χ4n) is 2.65. The van der Waals surface area contributed by atoms with Crippen molar-refractivity contribution < 1.29 is 17.9 Å². The van der Waals surface area contributed by atoms with Crippen LogP contribution in [-0.4, -0.2) is 20.9 Å². The van der Waals surface area contributed by atoms with E-state index in [1.807, 2.05) is 62.4 Å². The van der Waals surface area contributed by atoms with Gasteiger partial charge in [0.2, 0.25) is 15.9 Å². The standard InChI is InChI=1S/C24H24N2O4S/c1-18-7-11-20(12-8-18)15-16-31(28,29)25-17-24(27)26-22-5-3-4-6-23(22)30-21-13-9-19(2)10-14-21/h3-16,25H,17H2,1-2H3,(H,26,27)/b16-15+. The first-order valence-electron chi connectivity index (χ1n) is 9.68. The van der Waals surface area contributed by atoms with Gasteiger partial charge in [-0.15, -0.1) is 0 Å². The van der Waals surface area contributed by atoms with E-state index >= 15 is 0 Å². The largest absolute Gasteiger partial charge is 0.455 e. The molecule has 0 unspecified atom stereocenters. The van der Waals surface area contributed by atoms with Crippen molar-refractivity contribution in [2.45, 2.75) is 13.8 Å². The van der Waals surface area contributed by atoms with Gasteiger partial charge >= 0.3 is 0 Å². The van der Waals surface area contributed by atoms with Gasteiger partial charge in [0, 0.05) is 5.41 Å². The fraction of sp³-hybridized carbons (Fsp3) is 0.125. The van der Waals surface area contributed by atoms with Gasteiger partial charge in [-0.05, 0) is 49.8 Å². The average Bonchev–Trinajstić information content (AvgIpc) is 2.75. The van der Waals surface area contributed by atoms with Crippen molar-refractivity contribution in [1.29, 1.82) is 0 Å². The van der Waals surface area contributed by atoms with Gasteiger partial charge in [-0.25, -0.2) is 13.1 Å². The summed E-state index contributed by atoms with van der Waals surface area (Å²) in [5.74, 6) is 0.586. The first-order valence-corrected chi connectivity index (χ1v) is 11.2. The Kier molecular flexibility index (Phi) is 7.23. The van der Waals surface area contributed by atoms with Crippen LogP contribution in [0, 0.1) is 13.8 Å². The summed E-state index contributed by atoms with van der Waals surface area (Å²) in [5.41, 5.74) is 3.39. The van der Waals surface area contributed by atoms with E-state index in [9.17, 15) is 13.2 Å². The highest BCUT2D eigenvalue weighted by Gasteiger charge is 2.12. The van der Waals surface area contributed by atoms with Crippen LogP contribution < -0.4 is 14.8 Å². The molecule has 0 saturated heterocycles. The van der Waals surface area contributed by atoms with E-state index in [1.54, 1.807) is 24.3 Å². The molecule has 1 amide bonds. The number of ether oxygens (including phenoxy) is 1. The van der Waals surface area contributed by atoms with E-state index in [-0.39, 0.29) is 0 Å². The van der Waals surface area contributed by atoms with E-state index in [0.29, 0.717) is 17.2 Å². The molecule has 6 nitrogen and oxygen atoms in total. The molecule has 0 atom stereocenters. The molecule has 0 radical (unpaired) electrons. The number of carbonyl (C=O) groups is 1. The zero-order chi connectivity index (χ0) is 22.3. The molecule has 2 N–H and O–H groups in total. The lowest BCUT2D eigenvalue weighted by molar-refractivity contribution is -0.115. The van der Waals surface area contributed by atoms with Crippen LogP contribution in [0.4, 0.5) is 5.69 Å². The van der Waals surface area contributed by atoms with Gasteiger partial charge in [0.05, 0.1) is 12.2 Å². The predicted molar refractivity (Wildman–Crippen MR) is 123 cm³/mol. The minimum absolute atomic E-state index is 0.403. The van der Waals surface area contributed by atoms with Gasteiger partial charge in [-0.3, -0.25) is 4.79 Å². The monoisotopic (exact) mass is 436 g/mol. The number of para-hydroxylation sites is 2. The Morgan fingerprint density at radius 1 is 0.903 bits per heavy atom. The summed E-state index contributed by atoms with van der Waals surface area (Å²) in [5, 5.41) is 3.72. The number of hydrogen-bond acceptors (Lipinski definition) is 4. The molecule has 7 heteroatoms. The van der Waals surface area contributed by atoms with Crippen molar-refractivity contribution in [2.75, 3.05) is 11.9 Å². The highest BCUT2D eigenvalue weighted by molar-refractivity contribution is 7.92. The van der Waals surface area contributed by atoms with Gasteiger partial charge in [0.15, 0.2) is 5.75 Å². The molecule has 0 aliphatic carbocycles. The second-order valence-corrected chi connectivity index (χ2v) is 8.69. The lowest BCUT2D eigenvalue weighted by Crippen LogP contribution is -2.31. The maximum absolute atomic E-state index is 12.3. The van der Waals surface area contributed by atoms with Gasteiger partial charge in [0.1, 0.15) is 5.75 Å². The Morgan fingerprint density at radius 3 is 2.19 bits per heavy atom. The molecule has 31 heavy (non-hydrogen) atoms. The van der Waals surface area contributed by atoms with Crippen molar-refractivity contribution in [3.8, 4) is 11.5 Å². The second kappa shape index (κ2) is 10.1. The first-order chi connectivity index (χ1) is 14.8. The molecule has 0 spiro atoms. The molecule has 0 heterocycles. The summed E-state index contributed by atoms with van der Waals surface area (Å²) in [4.78, 5) is 12.3. The summed E-state index contributed by atoms with van der Waals surface area (Å²) in [7, 11) is -3.76. The minimum Gasteiger partial charge on any atom is -0.455 e. The average molecular weight is 437 g/mol. The first kappa shape index (κ1) is 22.3. The summed E-state index contributed by atoms with van der Waals surface area (Å²) in [6.07, 6.45) is 1.48. The SMILES string of the molecule is Cc1ccc(/C=C/S(=O)(=O)NCC(=O)Nc2ccccc2Oc2ccc(C)cc2)cc1. The van der Waals surface area contributed by atoms with E-state index in [4.69, 9.17) is 4.74 Å². The Bertz CT molecular complexity index is 1170.